The molecule has 0 aromatic carbocycles. The van der Waals surface area contributed by atoms with Crippen LogP contribution in [-0.4, -0.2) is 28.5 Å². The first-order valence-corrected chi connectivity index (χ1v) is 12.7. The van der Waals surface area contributed by atoms with Gasteiger partial charge in [0.05, 0.1) is 6.10 Å². The van der Waals surface area contributed by atoms with Crippen molar-refractivity contribution in [2.24, 2.45) is 52.3 Å². The molecular formula is C26H43FO3. The molecule has 0 saturated heterocycles. The minimum atomic E-state index is -0.694. The molecule has 30 heavy (non-hydrogen) atoms. The van der Waals surface area contributed by atoms with Gasteiger partial charge in [-0.3, -0.25) is 4.79 Å². The quantitative estimate of drug-likeness (QED) is 0.563. The summed E-state index contributed by atoms with van der Waals surface area (Å²) in [4.78, 5) is 11.1. The SMILES string of the molecule is CC[C@H]1[C@@H](O)[C@@H]2[C@H](CC[C@]3(C)[C@@H]([C@H](C)CCC(=O)O)CC[C@@H]23)[C@@]2(C)CC[C@H](F)C[C@@H]12. The standard InChI is InChI=1S/C26H43FO3/c1-5-17-21-14-16(27)10-12-26(21,4)20-11-13-25(3)18(15(2)6-9-22(28)29)7-8-19(25)23(20)24(17)30/h15-21,23-24,30H,5-14H2,1-4H3,(H,28,29)/t15-,16+,17-,18-,19+,20+,21+,23+,24-,25-,26-/m1/s1. The summed E-state index contributed by atoms with van der Waals surface area (Å²) in [7, 11) is 0. The van der Waals surface area contributed by atoms with Gasteiger partial charge in [0.1, 0.15) is 6.17 Å². The highest BCUT2D eigenvalue weighted by atomic mass is 19.1. The predicted molar refractivity (Wildman–Crippen MR) is 117 cm³/mol. The fraction of sp³-hybridized carbons (Fsp3) is 0.962. The smallest absolute Gasteiger partial charge is 0.303 e. The molecule has 0 spiro atoms. The van der Waals surface area contributed by atoms with E-state index in [-0.39, 0.29) is 29.3 Å². The minimum Gasteiger partial charge on any atom is -0.481 e. The van der Waals surface area contributed by atoms with Gasteiger partial charge in [0, 0.05) is 6.42 Å². The molecule has 0 unspecified atom stereocenters. The van der Waals surface area contributed by atoms with Crippen molar-refractivity contribution in [3.05, 3.63) is 0 Å². The van der Waals surface area contributed by atoms with Crippen LogP contribution in [0.2, 0.25) is 0 Å². The van der Waals surface area contributed by atoms with Crippen LogP contribution >= 0.6 is 0 Å². The number of aliphatic hydroxyl groups is 1. The summed E-state index contributed by atoms with van der Waals surface area (Å²) in [5.74, 6) is 2.20. The van der Waals surface area contributed by atoms with Gasteiger partial charge in [0.15, 0.2) is 0 Å². The lowest BCUT2D eigenvalue weighted by atomic mass is 9.41. The molecule has 172 valence electrons. The van der Waals surface area contributed by atoms with Crippen LogP contribution in [-0.2, 0) is 4.79 Å². The van der Waals surface area contributed by atoms with E-state index in [4.69, 9.17) is 5.11 Å². The Hall–Kier alpha value is -0.640. The second-order valence-electron chi connectivity index (χ2n) is 12.0. The highest BCUT2D eigenvalue weighted by Crippen LogP contribution is 2.69. The Morgan fingerprint density at radius 2 is 1.73 bits per heavy atom. The molecule has 0 aliphatic heterocycles. The second kappa shape index (κ2) is 8.05. The molecule has 0 aromatic heterocycles. The van der Waals surface area contributed by atoms with Crippen LogP contribution in [0.25, 0.3) is 0 Å². The van der Waals surface area contributed by atoms with Crippen LogP contribution < -0.4 is 0 Å². The molecular weight excluding hydrogens is 379 g/mol. The number of hydrogen-bond donors (Lipinski definition) is 2. The van der Waals surface area contributed by atoms with Gasteiger partial charge in [0.2, 0.25) is 0 Å². The molecule has 4 aliphatic carbocycles. The van der Waals surface area contributed by atoms with Gasteiger partial charge in [-0.2, -0.15) is 0 Å². The van der Waals surface area contributed by atoms with Crippen molar-refractivity contribution in [1.82, 2.24) is 0 Å². The van der Waals surface area contributed by atoms with Crippen LogP contribution in [0, 0.1) is 52.3 Å². The van der Waals surface area contributed by atoms with Gasteiger partial charge in [-0.15, -0.1) is 0 Å². The molecule has 0 aromatic rings. The van der Waals surface area contributed by atoms with E-state index in [2.05, 4.69) is 27.7 Å². The maximum Gasteiger partial charge on any atom is 0.303 e. The second-order valence-corrected chi connectivity index (χ2v) is 12.0. The lowest BCUT2D eigenvalue weighted by molar-refractivity contribution is -0.199. The summed E-state index contributed by atoms with van der Waals surface area (Å²) in [5, 5.41) is 20.8. The maximum atomic E-state index is 14.4. The number of aliphatic carboxylic acids is 1. The number of fused-ring (bicyclic) bond motifs is 5. The Bertz CT molecular complexity index is 652. The Kier molecular flexibility index (Phi) is 6.05. The summed E-state index contributed by atoms with van der Waals surface area (Å²) in [5.41, 5.74) is 0.375. The zero-order valence-corrected chi connectivity index (χ0v) is 19.4. The number of alkyl halides is 1. The Labute approximate surface area is 182 Å². The fourth-order valence-electron chi connectivity index (χ4n) is 9.46. The van der Waals surface area contributed by atoms with Gasteiger partial charge in [0.25, 0.3) is 0 Å². The number of rotatable bonds is 5. The first-order chi connectivity index (χ1) is 14.1. The Balaban J connectivity index is 1.61. The summed E-state index contributed by atoms with van der Waals surface area (Å²) < 4.78 is 14.4. The maximum absolute atomic E-state index is 14.4. The van der Waals surface area contributed by atoms with Crippen molar-refractivity contribution in [2.75, 3.05) is 0 Å². The molecule has 0 bridgehead atoms. The van der Waals surface area contributed by atoms with Crippen LogP contribution in [0.4, 0.5) is 4.39 Å². The van der Waals surface area contributed by atoms with E-state index in [1.807, 2.05) is 0 Å². The van der Waals surface area contributed by atoms with Crippen molar-refractivity contribution in [3.63, 3.8) is 0 Å². The average molecular weight is 423 g/mol. The molecule has 4 aliphatic rings. The summed E-state index contributed by atoms with van der Waals surface area (Å²) >= 11 is 0. The Morgan fingerprint density at radius 3 is 2.40 bits per heavy atom. The molecule has 4 rings (SSSR count). The van der Waals surface area contributed by atoms with Crippen molar-refractivity contribution >= 4 is 5.97 Å². The molecule has 3 nitrogen and oxygen atoms in total. The van der Waals surface area contributed by atoms with E-state index < -0.39 is 12.1 Å². The summed E-state index contributed by atoms with van der Waals surface area (Å²) in [6.45, 7) is 9.31. The van der Waals surface area contributed by atoms with Gasteiger partial charge >= 0.3 is 5.97 Å². The molecule has 0 radical (unpaired) electrons. The van der Waals surface area contributed by atoms with Gasteiger partial charge < -0.3 is 10.2 Å². The number of halogens is 1. The van der Waals surface area contributed by atoms with E-state index >= 15 is 0 Å². The monoisotopic (exact) mass is 422 g/mol. The normalized spacial score (nSPS) is 51.5. The first kappa shape index (κ1) is 22.6. The van der Waals surface area contributed by atoms with Gasteiger partial charge in [-0.1, -0.05) is 34.1 Å². The summed E-state index contributed by atoms with van der Waals surface area (Å²) in [6, 6.07) is 0. The van der Waals surface area contributed by atoms with Crippen LogP contribution in [0.5, 0.6) is 0 Å². The van der Waals surface area contributed by atoms with Gasteiger partial charge in [-0.05, 0) is 104 Å². The topological polar surface area (TPSA) is 57.5 Å². The zero-order chi connectivity index (χ0) is 21.8. The molecule has 11 atom stereocenters. The van der Waals surface area contributed by atoms with E-state index in [1.54, 1.807) is 0 Å². The molecule has 4 heteroatoms. The van der Waals surface area contributed by atoms with E-state index in [0.717, 1.165) is 25.7 Å². The first-order valence-electron chi connectivity index (χ1n) is 12.7. The predicted octanol–water partition coefficient (Wildman–Crippen LogP) is 6.09. The van der Waals surface area contributed by atoms with E-state index in [0.29, 0.717) is 48.3 Å². The van der Waals surface area contributed by atoms with Crippen molar-refractivity contribution in [3.8, 4) is 0 Å². The van der Waals surface area contributed by atoms with Crippen molar-refractivity contribution in [1.29, 1.82) is 0 Å². The third-order valence-corrected chi connectivity index (χ3v) is 10.9. The molecule has 0 amide bonds. The Morgan fingerprint density at radius 1 is 1.07 bits per heavy atom. The highest BCUT2D eigenvalue weighted by molar-refractivity contribution is 5.66. The average Bonchev–Trinajstić information content (AvgIpc) is 3.05. The lowest BCUT2D eigenvalue weighted by Crippen LogP contribution is -2.62. The van der Waals surface area contributed by atoms with Gasteiger partial charge in [-0.25, -0.2) is 4.39 Å². The third-order valence-electron chi connectivity index (χ3n) is 10.9. The number of carboxylic acids is 1. The number of aliphatic hydroxyl groups excluding tert-OH is 1. The number of hydrogen-bond acceptors (Lipinski definition) is 2. The van der Waals surface area contributed by atoms with Crippen LogP contribution in [0.1, 0.15) is 91.9 Å². The lowest BCUT2D eigenvalue weighted by Gasteiger charge is -2.64. The van der Waals surface area contributed by atoms with Crippen molar-refractivity contribution in [2.45, 2.75) is 104 Å². The van der Waals surface area contributed by atoms with Crippen molar-refractivity contribution < 1.29 is 19.4 Å². The fourth-order valence-corrected chi connectivity index (χ4v) is 9.46. The molecule has 4 fully saturated rings. The molecule has 4 saturated carbocycles. The third kappa shape index (κ3) is 3.35. The van der Waals surface area contributed by atoms with E-state index in [1.165, 1.54) is 19.3 Å². The van der Waals surface area contributed by atoms with E-state index in [9.17, 15) is 14.3 Å². The largest absolute Gasteiger partial charge is 0.481 e. The number of carbonyl (C=O) groups is 1. The number of carboxylic acid groups (broad SMARTS) is 1. The zero-order valence-electron chi connectivity index (χ0n) is 19.4. The van der Waals surface area contributed by atoms with Crippen LogP contribution in [0.15, 0.2) is 0 Å². The molecule has 2 N–H and O–H groups in total. The highest BCUT2D eigenvalue weighted by Gasteiger charge is 2.64. The minimum absolute atomic E-state index is 0.168. The molecule has 0 heterocycles. The van der Waals surface area contributed by atoms with Crippen LogP contribution in [0.3, 0.4) is 0 Å². The summed E-state index contributed by atoms with van der Waals surface area (Å²) in [6.07, 6.45) is 7.95.